The highest BCUT2D eigenvalue weighted by Crippen LogP contribution is 2.31. The van der Waals surface area contributed by atoms with Crippen LogP contribution in [0.2, 0.25) is 10.0 Å². The van der Waals surface area contributed by atoms with Crippen molar-refractivity contribution >= 4 is 45.0 Å². The molecule has 11 heteroatoms. The van der Waals surface area contributed by atoms with E-state index in [9.17, 15) is 12.8 Å². The van der Waals surface area contributed by atoms with Gasteiger partial charge in [-0.05, 0) is 59.0 Å². The van der Waals surface area contributed by atoms with Gasteiger partial charge in [0.05, 0.1) is 22.2 Å². The number of hydrogen-bond acceptors (Lipinski definition) is 5. The van der Waals surface area contributed by atoms with Gasteiger partial charge in [0.15, 0.2) is 11.0 Å². The Labute approximate surface area is 230 Å². The second-order valence-electron chi connectivity index (χ2n) is 9.34. The van der Waals surface area contributed by atoms with E-state index in [1.807, 2.05) is 12.1 Å². The second kappa shape index (κ2) is 11.1. The van der Waals surface area contributed by atoms with Crippen LogP contribution in [0.25, 0.3) is 5.69 Å². The van der Waals surface area contributed by atoms with Crippen molar-refractivity contribution in [3.8, 4) is 5.69 Å². The van der Waals surface area contributed by atoms with E-state index in [-0.39, 0.29) is 22.7 Å². The fourth-order valence-corrected chi connectivity index (χ4v) is 5.91. The number of halogens is 3. The molecule has 1 heterocycles. The van der Waals surface area contributed by atoms with E-state index < -0.39 is 10.0 Å². The Morgan fingerprint density at radius 2 is 1.65 bits per heavy atom. The molecule has 4 rings (SSSR count). The average Bonchev–Trinajstić information content (AvgIpc) is 3.24. The van der Waals surface area contributed by atoms with Gasteiger partial charge >= 0.3 is 0 Å². The molecular weight excluding hydrogens is 554 g/mol. The van der Waals surface area contributed by atoms with E-state index in [2.05, 4.69) is 35.7 Å². The van der Waals surface area contributed by atoms with Gasteiger partial charge < -0.3 is 0 Å². The SMILES string of the molecule is CC(C)(C)c1ccc(S(=O)(=O)NCc2nnc(SCc3ccc(F)cc3)n2-c2ccc(Cl)cc2Cl)cc1. The van der Waals surface area contributed by atoms with E-state index in [1.54, 1.807) is 47.0 Å². The fourth-order valence-electron chi connectivity index (χ4n) is 3.52. The Morgan fingerprint density at radius 1 is 0.973 bits per heavy atom. The summed E-state index contributed by atoms with van der Waals surface area (Å²) in [5.41, 5.74) is 2.39. The van der Waals surface area contributed by atoms with Crippen LogP contribution < -0.4 is 4.72 Å². The van der Waals surface area contributed by atoms with Crippen LogP contribution in [-0.2, 0) is 27.7 Å². The first kappa shape index (κ1) is 27.6. The molecule has 0 aliphatic rings. The van der Waals surface area contributed by atoms with E-state index in [4.69, 9.17) is 23.2 Å². The molecule has 0 saturated carbocycles. The third kappa shape index (κ3) is 6.72. The number of aromatic nitrogens is 3. The smallest absolute Gasteiger partial charge is 0.240 e. The van der Waals surface area contributed by atoms with Crippen LogP contribution in [-0.4, -0.2) is 23.2 Å². The Kier molecular flexibility index (Phi) is 8.30. The van der Waals surface area contributed by atoms with Crippen molar-refractivity contribution in [2.24, 2.45) is 0 Å². The molecule has 37 heavy (non-hydrogen) atoms. The van der Waals surface area contributed by atoms with Crippen molar-refractivity contribution < 1.29 is 12.8 Å². The van der Waals surface area contributed by atoms with Crippen LogP contribution in [0, 0.1) is 5.82 Å². The molecule has 1 N–H and O–H groups in total. The molecule has 0 amide bonds. The molecule has 1 aromatic heterocycles. The maximum absolute atomic E-state index is 13.3. The highest BCUT2D eigenvalue weighted by molar-refractivity contribution is 7.98. The van der Waals surface area contributed by atoms with Crippen LogP contribution in [0.4, 0.5) is 4.39 Å². The number of benzene rings is 3. The van der Waals surface area contributed by atoms with Gasteiger partial charge in [-0.1, -0.05) is 80.0 Å². The molecule has 3 aromatic carbocycles. The van der Waals surface area contributed by atoms with E-state index in [1.165, 1.54) is 23.9 Å². The first-order valence-corrected chi connectivity index (χ1v) is 14.5. The van der Waals surface area contributed by atoms with Crippen LogP contribution in [0.5, 0.6) is 0 Å². The Morgan fingerprint density at radius 3 is 2.27 bits per heavy atom. The summed E-state index contributed by atoms with van der Waals surface area (Å²) in [4.78, 5) is 0.155. The van der Waals surface area contributed by atoms with Crippen LogP contribution in [0.3, 0.4) is 0 Å². The van der Waals surface area contributed by atoms with Crippen molar-refractivity contribution in [2.75, 3.05) is 0 Å². The largest absolute Gasteiger partial charge is 0.271 e. The van der Waals surface area contributed by atoms with Gasteiger partial charge in [0.1, 0.15) is 5.82 Å². The lowest BCUT2D eigenvalue weighted by Gasteiger charge is -2.19. The summed E-state index contributed by atoms with van der Waals surface area (Å²) >= 11 is 13.9. The molecule has 0 bridgehead atoms. The van der Waals surface area contributed by atoms with Gasteiger partial charge in [0.2, 0.25) is 10.0 Å². The minimum absolute atomic E-state index is 0.0913. The van der Waals surface area contributed by atoms with Crippen LogP contribution in [0.15, 0.2) is 76.8 Å². The van der Waals surface area contributed by atoms with Gasteiger partial charge in [-0.2, -0.15) is 0 Å². The van der Waals surface area contributed by atoms with E-state index >= 15 is 0 Å². The lowest BCUT2D eigenvalue weighted by molar-refractivity contribution is 0.575. The van der Waals surface area contributed by atoms with Crippen LogP contribution in [0.1, 0.15) is 37.7 Å². The summed E-state index contributed by atoms with van der Waals surface area (Å²) in [6.45, 7) is 6.08. The van der Waals surface area contributed by atoms with Crippen molar-refractivity contribution in [1.29, 1.82) is 0 Å². The highest BCUT2D eigenvalue weighted by Gasteiger charge is 2.21. The molecule has 0 radical (unpaired) electrons. The van der Waals surface area contributed by atoms with E-state index in [0.29, 0.717) is 32.5 Å². The van der Waals surface area contributed by atoms with Gasteiger partial charge in [0.25, 0.3) is 0 Å². The summed E-state index contributed by atoms with van der Waals surface area (Å²) in [5, 5.41) is 9.83. The maximum atomic E-state index is 13.3. The molecule has 6 nitrogen and oxygen atoms in total. The zero-order chi connectivity index (χ0) is 26.8. The lowest BCUT2D eigenvalue weighted by atomic mass is 9.87. The number of hydrogen-bond donors (Lipinski definition) is 1. The zero-order valence-corrected chi connectivity index (χ0v) is 23.5. The van der Waals surface area contributed by atoms with Crippen molar-refractivity contribution in [3.05, 3.63) is 99.5 Å². The monoisotopic (exact) mass is 578 g/mol. The number of nitrogens with one attached hydrogen (secondary N) is 1. The Hall–Kier alpha value is -2.43. The first-order chi connectivity index (χ1) is 17.4. The standard InChI is InChI=1S/C26H25Cl2FN4O2S2/c1-26(2,3)18-6-11-21(12-7-18)37(34,35)30-15-24-31-32-25(36-16-17-4-9-20(29)10-5-17)33(24)23-13-8-19(27)14-22(23)28/h4-14,30H,15-16H2,1-3H3. The van der Waals surface area contributed by atoms with Crippen LogP contribution >= 0.6 is 35.0 Å². The molecule has 0 aliphatic heterocycles. The van der Waals surface area contributed by atoms with Crippen molar-refractivity contribution in [2.45, 2.75) is 48.5 Å². The minimum atomic E-state index is -3.81. The number of sulfonamides is 1. The summed E-state index contributed by atoms with van der Waals surface area (Å²) in [7, 11) is -3.81. The highest BCUT2D eigenvalue weighted by atomic mass is 35.5. The number of rotatable bonds is 8. The van der Waals surface area contributed by atoms with Crippen molar-refractivity contribution in [3.63, 3.8) is 0 Å². The molecule has 0 unspecified atom stereocenters. The maximum Gasteiger partial charge on any atom is 0.240 e. The molecule has 0 saturated heterocycles. The first-order valence-electron chi connectivity index (χ1n) is 11.3. The van der Waals surface area contributed by atoms with Gasteiger partial charge in [-0.15, -0.1) is 10.2 Å². The average molecular weight is 580 g/mol. The zero-order valence-electron chi connectivity index (χ0n) is 20.4. The molecule has 194 valence electrons. The van der Waals surface area contributed by atoms with Crippen molar-refractivity contribution in [1.82, 2.24) is 19.5 Å². The number of nitrogens with zero attached hydrogens (tertiary/aromatic N) is 3. The third-order valence-electron chi connectivity index (χ3n) is 5.58. The van der Waals surface area contributed by atoms with Gasteiger partial charge in [0, 0.05) is 10.8 Å². The molecule has 0 aliphatic carbocycles. The molecular formula is C26H25Cl2FN4O2S2. The van der Waals surface area contributed by atoms with E-state index in [0.717, 1.165) is 11.1 Å². The Balaban J connectivity index is 1.61. The number of thioether (sulfide) groups is 1. The molecule has 0 spiro atoms. The van der Waals surface area contributed by atoms with Gasteiger partial charge in [-0.3, -0.25) is 4.57 Å². The quantitative estimate of drug-likeness (QED) is 0.233. The van der Waals surface area contributed by atoms with Gasteiger partial charge in [-0.25, -0.2) is 17.5 Å². The molecule has 0 atom stereocenters. The lowest BCUT2D eigenvalue weighted by Crippen LogP contribution is -2.25. The summed E-state index contributed by atoms with van der Waals surface area (Å²) in [5.74, 6) is 0.531. The molecule has 4 aromatic rings. The topological polar surface area (TPSA) is 76.9 Å². The predicted octanol–water partition coefficient (Wildman–Crippen LogP) is 6.78. The third-order valence-corrected chi connectivity index (χ3v) is 8.54. The summed E-state index contributed by atoms with van der Waals surface area (Å²) in [6.07, 6.45) is 0. The normalized spacial score (nSPS) is 12.2. The second-order valence-corrected chi connectivity index (χ2v) is 12.9. The predicted molar refractivity (Wildman–Crippen MR) is 147 cm³/mol. The minimum Gasteiger partial charge on any atom is -0.271 e. The Bertz CT molecular complexity index is 1500. The fraction of sp³-hybridized carbons (Fsp3) is 0.231. The molecule has 0 fully saturated rings. The summed E-state index contributed by atoms with van der Waals surface area (Å²) < 4.78 is 43.6. The summed E-state index contributed by atoms with van der Waals surface area (Å²) in [6, 6.07) is 18.0.